The zero-order valence-corrected chi connectivity index (χ0v) is 12.7. The van der Waals surface area contributed by atoms with Crippen molar-refractivity contribution in [2.24, 2.45) is 41.4 Å². The van der Waals surface area contributed by atoms with Crippen LogP contribution in [-0.4, -0.2) is 0 Å². The van der Waals surface area contributed by atoms with Crippen LogP contribution in [0.3, 0.4) is 0 Å². The van der Waals surface area contributed by atoms with Gasteiger partial charge >= 0.3 is 0 Å². The van der Waals surface area contributed by atoms with Crippen molar-refractivity contribution in [1.29, 1.82) is 0 Å². The second kappa shape index (κ2) is 5.17. The summed E-state index contributed by atoms with van der Waals surface area (Å²) in [5.74, 6) is 7.73. The number of hydrogen-bond donors (Lipinski definition) is 0. The normalized spacial score (nSPS) is 47.5. The Morgan fingerprint density at radius 3 is 2.50 bits per heavy atom. The first-order chi connectivity index (χ1) is 8.70. The Morgan fingerprint density at radius 2 is 1.83 bits per heavy atom. The fourth-order valence-corrected chi connectivity index (χ4v) is 5.75. The van der Waals surface area contributed by atoms with E-state index in [-0.39, 0.29) is 0 Å². The fraction of sp³-hybridized carbons (Fsp3) is 1.00. The van der Waals surface area contributed by atoms with E-state index in [0.717, 1.165) is 29.6 Å². The van der Waals surface area contributed by atoms with E-state index in [4.69, 9.17) is 0 Å². The zero-order chi connectivity index (χ0) is 12.7. The molecular formula is C18H32. The van der Waals surface area contributed by atoms with Crippen molar-refractivity contribution < 1.29 is 0 Å². The van der Waals surface area contributed by atoms with Crippen molar-refractivity contribution >= 4 is 0 Å². The van der Waals surface area contributed by atoms with Gasteiger partial charge < -0.3 is 0 Å². The highest BCUT2D eigenvalue weighted by atomic mass is 14.6. The topological polar surface area (TPSA) is 0 Å². The Bertz CT molecular complexity index is 280. The first-order valence-electron chi connectivity index (χ1n) is 8.70. The summed E-state index contributed by atoms with van der Waals surface area (Å²) in [5, 5.41) is 0. The standard InChI is InChI=1S/C18H32/c1-4-5-6-12(2)9-17-13(3)10-14-11-18(17)16-8-7-15(14)16/h12-18H,4-11H2,1-3H3. The molecule has 0 nitrogen and oxygen atoms in total. The smallest absolute Gasteiger partial charge is 0.0349 e. The van der Waals surface area contributed by atoms with Gasteiger partial charge in [0.15, 0.2) is 0 Å². The summed E-state index contributed by atoms with van der Waals surface area (Å²) in [6, 6.07) is 0. The summed E-state index contributed by atoms with van der Waals surface area (Å²) >= 11 is 0. The van der Waals surface area contributed by atoms with Crippen LogP contribution in [0.5, 0.6) is 0 Å². The van der Waals surface area contributed by atoms with E-state index >= 15 is 0 Å². The molecule has 0 aromatic heterocycles. The van der Waals surface area contributed by atoms with Crippen molar-refractivity contribution in [3.05, 3.63) is 0 Å². The molecule has 104 valence electrons. The lowest BCUT2D eigenvalue weighted by Gasteiger charge is -2.39. The monoisotopic (exact) mass is 248 g/mol. The van der Waals surface area contributed by atoms with Crippen molar-refractivity contribution in [2.45, 2.75) is 72.1 Å². The summed E-state index contributed by atoms with van der Waals surface area (Å²) < 4.78 is 0. The van der Waals surface area contributed by atoms with Crippen LogP contribution in [-0.2, 0) is 0 Å². The molecule has 3 aliphatic rings. The van der Waals surface area contributed by atoms with E-state index in [1.54, 1.807) is 32.1 Å². The Kier molecular flexibility index (Phi) is 3.74. The largest absolute Gasteiger partial charge is 0.0654 e. The quantitative estimate of drug-likeness (QED) is 0.601. The van der Waals surface area contributed by atoms with Crippen LogP contribution in [0, 0.1) is 41.4 Å². The second-order valence-corrected chi connectivity index (χ2v) is 7.92. The molecule has 0 spiro atoms. The molecule has 0 N–H and O–H groups in total. The highest BCUT2D eigenvalue weighted by molar-refractivity contribution is 5.04. The van der Waals surface area contributed by atoms with Crippen molar-refractivity contribution in [1.82, 2.24) is 0 Å². The maximum Gasteiger partial charge on any atom is -0.0349 e. The molecule has 0 saturated heterocycles. The third-order valence-electron chi connectivity index (χ3n) is 6.79. The lowest BCUT2D eigenvalue weighted by Crippen LogP contribution is -2.31. The summed E-state index contributed by atoms with van der Waals surface area (Å²) in [4.78, 5) is 0. The predicted molar refractivity (Wildman–Crippen MR) is 78.4 cm³/mol. The van der Waals surface area contributed by atoms with Gasteiger partial charge in [-0.05, 0) is 73.5 Å². The maximum absolute atomic E-state index is 2.57. The van der Waals surface area contributed by atoms with Crippen LogP contribution >= 0.6 is 0 Å². The molecule has 0 heteroatoms. The minimum absolute atomic E-state index is 0.980. The van der Waals surface area contributed by atoms with Gasteiger partial charge in [0.05, 0.1) is 0 Å². The third-order valence-corrected chi connectivity index (χ3v) is 6.79. The Balaban J connectivity index is 1.60. The molecule has 3 aliphatic carbocycles. The van der Waals surface area contributed by atoms with E-state index in [0.29, 0.717) is 0 Å². The lowest BCUT2D eigenvalue weighted by molar-refractivity contribution is 0.103. The maximum atomic E-state index is 2.57. The molecule has 0 heterocycles. The van der Waals surface area contributed by atoms with E-state index in [1.807, 2.05) is 0 Å². The highest BCUT2D eigenvalue weighted by Crippen LogP contribution is 2.62. The van der Waals surface area contributed by atoms with Gasteiger partial charge in [0.1, 0.15) is 0 Å². The molecule has 3 saturated carbocycles. The predicted octanol–water partition coefficient (Wildman–Crippen LogP) is 5.52. The average Bonchev–Trinajstić information content (AvgIpc) is 2.49. The van der Waals surface area contributed by atoms with Gasteiger partial charge in [-0.3, -0.25) is 0 Å². The molecule has 18 heavy (non-hydrogen) atoms. The van der Waals surface area contributed by atoms with Crippen LogP contribution in [0.1, 0.15) is 72.1 Å². The molecule has 0 aromatic carbocycles. The molecule has 7 unspecified atom stereocenters. The Hall–Kier alpha value is 0. The molecular weight excluding hydrogens is 216 g/mol. The molecule has 3 rings (SSSR count). The third kappa shape index (κ3) is 2.14. The Morgan fingerprint density at radius 1 is 1.06 bits per heavy atom. The minimum atomic E-state index is 0.980. The van der Waals surface area contributed by atoms with Gasteiger partial charge in [-0.25, -0.2) is 0 Å². The number of unbranched alkanes of at least 4 members (excludes halogenated alkanes) is 1. The Labute approximate surface area is 114 Å². The summed E-state index contributed by atoms with van der Waals surface area (Å²) in [6.07, 6.45) is 12.2. The van der Waals surface area contributed by atoms with E-state index in [1.165, 1.54) is 31.1 Å². The molecule has 7 atom stereocenters. The zero-order valence-electron chi connectivity index (χ0n) is 12.7. The van der Waals surface area contributed by atoms with Crippen molar-refractivity contribution in [3.63, 3.8) is 0 Å². The lowest BCUT2D eigenvalue weighted by atomic mass is 9.66. The summed E-state index contributed by atoms with van der Waals surface area (Å²) in [5.41, 5.74) is 0. The van der Waals surface area contributed by atoms with Crippen LogP contribution in [0.2, 0.25) is 0 Å². The summed E-state index contributed by atoms with van der Waals surface area (Å²) in [7, 11) is 0. The first kappa shape index (κ1) is 13.0. The second-order valence-electron chi connectivity index (χ2n) is 7.92. The van der Waals surface area contributed by atoms with Gasteiger partial charge in [0.25, 0.3) is 0 Å². The molecule has 0 aromatic rings. The molecule has 2 bridgehead atoms. The minimum Gasteiger partial charge on any atom is -0.0654 e. The highest BCUT2D eigenvalue weighted by Gasteiger charge is 2.54. The molecule has 0 aliphatic heterocycles. The van der Waals surface area contributed by atoms with Gasteiger partial charge in [0, 0.05) is 0 Å². The van der Waals surface area contributed by atoms with Gasteiger partial charge in [-0.15, -0.1) is 0 Å². The molecule has 0 amide bonds. The number of rotatable bonds is 5. The van der Waals surface area contributed by atoms with E-state index < -0.39 is 0 Å². The SMILES string of the molecule is CCCCC(C)CC1C(C)CC2CC1C1CCC21. The van der Waals surface area contributed by atoms with E-state index in [2.05, 4.69) is 20.8 Å². The molecule has 3 fully saturated rings. The van der Waals surface area contributed by atoms with E-state index in [9.17, 15) is 0 Å². The van der Waals surface area contributed by atoms with Gasteiger partial charge in [0.2, 0.25) is 0 Å². The van der Waals surface area contributed by atoms with Crippen molar-refractivity contribution in [2.75, 3.05) is 0 Å². The van der Waals surface area contributed by atoms with Crippen LogP contribution in [0.15, 0.2) is 0 Å². The molecule has 0 radical (unpaired) electrons. The van der Waals surface area contributed by atoms with Gasteiger partial charge in [-0.1, -0.05) is 40.0 Å². The van der Waals surface area contributed by atoms with Crippen LogP contribution in [0.25, 0.3) is 0 Å². The average molecular weight is 248 g/mol. The van der Waals surface area contributed by atoms with Crippen LogP contribution < -0.4 is 0 Å². The van der Waals surface area contributed by atoms with Crippen molar-refractivity contribution in [3.8, 4) is 0 Å². The van der Waals surface area contributed by atoms with Crippen LogP contribution in [0.4, 0.5) is 0 Å². The first-order valence-corrected chi connectivity index (χ1v) is 8.70. The van der Waals surface area contributed by atoms with Gasteiger partial charge in [-0.2, -0.15) is 0 Å². The fourth-order valence-electron chi connectivity index (χ4n) is 5.75. The number of hydrogen-bond acceptors (Lipinski definition) is 0. The number of fused-ring (bicyclic) bond motifs is 5. The summed E-state index contributed by atoms with van der Waals surface area (Å²) in [6.45, 7) is 7.42.